The van der Waals surface area contributed by atoms with E-state index in [-0.39, 0.29) is 5.91 Å². The van der Waals surface area contributed by atoms with E-state index < -0.39 is 0 Å². The highest BCUT2D eigenvalue weighted by Crippen LogP contribution is 2.06. The van der Waals surface area contributed by atoms with Crippen LogP contribution in [0.1, 0.15) is 29.6 Å². The number of aromatic nitrogens is 1. The van der Waals surface area contributed by atoms with Gasteiger partial charge in [-0.2, -0.15) is 5.26 Å². The molecule has 1 aromatic heterocycles. The number of hydrogen-bond donors (Lipinski definition) is 0. The second-order valence-corrected chi connectivity index (χ2v) is 3.12. The summed E-state index contributed by atoms with van der Waals surface area (Å²) in [5, 5.41) is 12.1. The molecule has 0 fully saturated rings. The summed E-state index contributed by atoms with van der Waals surface area (Å²) in [6.45, 7) is 4.59. The lowest BCUT2D eigenvalue weighted by Crippen LogP contribution is -2.31. The molecule has 1 heterocycles. The zero-order valence-electron chi connectivity index (χ0n) is 8.86. The number of aryl methyl sites for hydroxylation is 1. The summed E-state index contributed by atoms with van der Waals surface area (Å²) in [7, 11) is 0. The van der Waals surface area contributed by atoms with Crippen molar-refractivity contribution in [3.05, 3.63) is 17.5 Å². The molecule has 0 aliphatic carbocycles. The van der Waals surface area contributed by atoms with Gasteiger partial charge in [0.2, 0.25) is 0 Å². The molecular weight excluding hydrogens is 194 g/mol. The lowest BCUT2D eigenvalue weighted by Gasteiger charge is -2.17. The van der Waals surface area contributed by atoms with E-state index in [1.807, 2.05) is 13.0 Å². The normalized spacial score (nSPS) is 9.67. The van der Waals surface area contributed by atoms with Gasteiger partial charge in [0.1, 0.15) is 5.76 Å². The molecule has 0 saturated heterocycles. The van der Waals surface area contributed by atoms with Crippen LogP contribution in [-0.4, -0.2) is 29.1 Å². The maximum absolute atomic E-state index is 11.8. The zero-order valence-corrected chi connectivity index (χ0v) is 8.86. The van der Waals surface area contributed by atoms with Crippen molar-refractivity contribution in [1.29, 1.82) is 5.26 Å². The van der Waals surface area contributed by atoms with E-state index in [0.717, 1.165) is 0 Å². The van der Waals surface area contributed by atoms with Crippen molar-refractivity contribution in [2.24, 2.45) is 0 Å². The maximum Gasteiger partial charge on any atom is 0.276 e. The highest BCUT2D eigenvalue weighted by molar-refractivity contribution is 5.92. The summed E-state index contributed by atoms with van der Waals surface area (Å²) in [6, 6.07) is 3.60. The minimum atomic E-state index is -0.190. The van der Waals surface area contributed by atoms with E-state index in [0.29, 0.717) is 31.0 Å². The number of carbonyl (C=O) groups is 1. The fourth-order valence-electron chi connectivity index (χ4n) is 1.22. The molecule has 0 bridgehead atoms. The largest absolute Gasteiger partial charge is 0.361 e. The Labute approximate surface area is 88.3 Å². The van der Waals surface area contributed by atoms with Crippen molar-refractivity contribution in [2.75, 3.05) is 13.1 Å². The molecule has 5 nitrogen and oxygen atoms in total. The van der Waals surface area contributed by atoms with Crippen molar-refractivity contribution in [2.45, 2.75) is 20.3 Å². The first-order chi connectivity index (χ1) is 7.19. The lowest BCUT2D eigenvalue weighted by atomic mass is 10.3. The van der Waals surface area contributed by atoms with Gasteiger partial charge in [-0.15, -0.1) is 0 Å². The molecule has 80 valence electrons. The Hall–Kier alpha value is -1.83. The van der Waals surface area contributed by atoms with E-state index in [1.54, 1.807) is 17.9 Å². The third-order valence-corrected chi connectivity index (χ3v) is 2.01. The molecule has 15 heavy (non-hydrogen) atoms. The summed E-state index contributed by atoms with van der Waals surface area (Å²) in [6.07, 6.45) is 0.330. The van der Waals surface area contributed by atoms with Crippen LogP contribution >= 0.6 is 0 Å². The third-order valence-electron chi connectivity index (χ3n) is 2.01. The smallest absolute Gasteiger partial charge is 0.276 e. The van der Waals surface area contributed by atoms with Gasteiger partial charge >= 0.3 is 0 Å². The van der Waals surface area contributed by atoms with E-state index in [2.05, 4.69) is 5.16 Å². The zero-order chi connectivity index (χ0) is 11.3. The Kier molecular flexibility index (Phi) is 3.86. The van der Waals surface area contributed by atoms with E-state index >= 15 is 0 Å². The Morgan fingerprint density at radius 3 is 2.93 bits per heavy atom. The van der Waals surface area contributed by atoms with Gasteiger partial charge in [-0.25, -0.2) is 0 Å². The van der Waals surface area contributed by atoms with Gasteiger partial charge in [0.05, 0.1) is 12.5 Å². The van der Waals surface area contributed by atoms with Crippen LogP contribution < -0.4 is 0 Å². The topological polar surface area (TPSA) is 70.1 Å². The standard InChI is InChI=1S/C10H13N3O2/c1-3-13(6-4-5-11)10(14)9-7-8(2)15-12-9/h7H,3-4,6H2,1-2H3. The molecule has 5 heteroatoms. The molecule has 0 spiro atoms. The van der Waals surface area contributed by atoms with E-state index in [4.69, 9.17) is 9.78 Å². The van der Waals surface area contributed by atoms with Crippen molar-refractivity contribution in [3.63, 3.8) is 0 Å². The number of carbonyl (C=O) groups excluding carboxylic acids is 1. The molecule has 0 radical (unpaired) electrons. The molecule has 1 amide bonds. The average molecular weight is 207 g/mol. The maximum atomic E-state index is 11.8. The quantitative estimate of drug-likeness (QED) is 0.747. The number of hydrogen-bond acceptors (Lipinski definition) is 4. The molecular formula is C10H13N3O2. The Balaban J connectivity index is 2.69. The van der Waals surface area contributed by atoms with Crippen molar-refractivity contribution >= 4 is 5.91 Å². The van der Waals surface area contributed by atoms with Crippen LogP contribution in [0.25, 0.3) is 0 Å². The number of amides is 1. The first kappa shape index (κ1) is 11.2. The average Bonchev–Trinajstić information content (AvgIpc) is 2.65. The predicted octanol–water partition coefficient (Wildman–Crippen LogP) is 1.36. The summed E-state index contributed by atoms with van der Waals surface area (Å²) in [5.41, 5.74) is 0.298. The van der Waals surface area contributed by atoms with E-state index in [1.165, 1.54) is 0 Å². The molecule has 1 aromatic rings. The van der Waals surface area contributed by atoms with Gasteiger partial charge in [0, 0.05) is 19.2 Å². The number of rotatable bonds is 4. The van der Waals surface area contributed by atoms with Gasteiger partial charge in [-0.05, 0) is 13.8 Å². The van der Waals surface area contributed by atoms with Gasteiger partial charge < -0.3 is 9.42 Å². The van der Waals surface area contributed by atoms with Crippen molar-refractivity contribution in [3.8, 4) is 6.07 Å². The Morgan fingerprint density at radius 1 is 1.73 bits per heavy atom. The van der Waals surface area contributed by atoms with Crippen molar-refractivity contribution < 1.29 is 9.32 Å². The van der Waals surface area contributed by atoms with Gasteiger partial charge in [-0.1, -0.05) is 5.16 Å². The monoisotopic (exact) mass is 207 g/mol. The summed E-state index contributed by atoms with van der Waals surface area (Å²) >= 11 is 0. The van der Waals surface area contributed by atoms with Crippen LogP contribution in [0.15, 0.2) is 10.6 Å². The van der Waals surface area contributed by atoms with Crippen LogP contribution in [0.4, 0.5) is 0 Å². The molecule has 0 atom stereocenters. The first-order valence-electron chi connectivity index (χ1n) is 4.78. The minimum absolute atomic E-state index is 0.190. The highest BCUT2D eigenvalue weighted by Gasteiger charge is 2.17. The third kappa shape index (κ3) is 2.81. The highest BCUT2D eigenvalue weighted by atomic mass is 16.5. The molecule has 0 saturated carbocycles. The lowest BCUT2D eigenvalue weighted by molar-refractivity contribution is 0.0757. The molecule has 0 N–H and O–H groups in total. The van der Waals surface area contributed by atoms with Crippen LogP contribution in [0.5, 0.6) is 0 Å². The molecule has 1 rings (SSSR count). The van der Waals surface area contributed by atoms with Crippen LogP contribution in [0.3, 0.4) is 0 Å². The van der Waals surface area contributed by atoms with Gasteiger partial charge in [0.15, 0.2) is 5.69 Å². The van der Waals surface area contributed by atoms with Crippen molar-refractivity contribution in [1.82, 2.24) is 10.1 Å². The predicted molar refractivity (Wildman–Crippen MR) is 53.0 cm³/mol. The molecule has 0 aromatic carbocycles. The SMILES string of the molecule is CCN(CCC#N)C(=O)c1cc(C)on1. The number of nitrogens with zero attached hydrogens (tertiary/aromatic N) is 3. The molecule has 0 unspecified atom stereocenters. The molecule has 0 aliphatic heterocycles. The number of nitriles is 1. The summed E-state index contributed by atoms with van der Waals surface area (Å²) < 4.78 is 4.82. The summed E-state index contributed by atoms with van der Waals surface area (Å²) in [5.74, 6) is 0.416. The Morgan fingerprint density at radius 2 is 2.47 bits per heavy atom. The molecule has 0 aliphatic rings. The van der Waals surface area contributed by atoms with Gasteiger partial charge in [0.25, 0.3) is 5.91 Å². The Bertz CT molecular complexity index is 378. The van der Waals surface area contributed by atoms with Crippen LogP contribution in [-0.2, 0) is 0 Å². The van der Waals surface area contributed by atoms with Crippen LogP contribution in [0, 0.1) is 18.3 Å². The second kappa shape index (κ2) is 5.15. The fraction of sp³-hybridized carbons (Fsp3) is 0.500. The summed E-state index contributed by atoms with van der Waals surface area (Å²) in [4.78, 5) is 13.4. The minimum Gasteiger partial charge on any atom is -0.361 e. The first-order valence-corrected chi connectivity index (χ1v) is 4.78. The van der Waals surface area contributed by atoms with E-state index in [9.17, 15) is 4.79 Å². The fourth-order valence-corrected chi connectivity index (χ4v) is 1.22. The second-order valence-electron chi connectivity index (χ2n) is 3.12. The van der Waals surface area contributed by atoms with Gasteiger partial charge in [-0.3, -0.25) is 4.79 Å². The van der Waals surface area contributed by atoms with Crippen LogP contribution in [0.2, 0.25) is 0 Å².